The van der Waals surface area contributed by atoms with E-state index in [9.17, 15) is 9.59 Å². The van der Waals surface area contributed by atoms with Gasteiger partial charge in [-0.25, -0.2) is 4.68 Å². The summed E-state index contributed by atoms with van der Waals surface area (Å²) in [5.74, 6) is -0.0674. The van der Waals surface area contributed by atoms with Crippen molar-refractivity contribution in [2.45, 2.75) is 38.8 Å². The molecule has 1 N–H and O–H groups in total. The Morgan fingerprint density at radius 1 is 1.10 bits per heavy atom. The van der Waals surface area contributed by atoms with Crippen LogP contribution in [0.3, 0.4) is 0 Å². The zero-order valence-corrected chi connectivity index (χ0v) is 17.6. The van der Waals surface area contributed by atoms with Crippen LogP contribution < -0.4 is 10.9 Å². The fourth-order valence-electron chi connectivity index (χ4n) is 4.31. The molecule has 0 saturated carbocycles. The number of hydrogen-bond acceptors (Lipinski definition) is 4. The van der Waals surface area contributed by atoms with Crippen LogP contribution in [0.4, 0.5) is 0 Å². The predicted molar refractivity (Wildman–Crippen MR) is 118 cm³/mol. The summed E-state index contributed by atoms with van der Waals surface area (Å²) in [7, 11) is 1.62. The highest BCUT2D eigenvalue weighted by atomic mass is 16.1. The van der Waals surface area contributed by atoms with Gasteiger partial charge in [-0.15, -0.1) is 0 Å². The van der Waals surface area contributed by atoms with E-state index in [0.717, 1.165) is 31.3 Å². The van der Waals surface area contributed by atoms with Crippen LogP contribution in [-0.2, 0) is 31.2 Å². The second-order valence-corrected chi connectivity index (χ2v) is 7.95. The molecule has 4 rings (SSSR count). The quantitative estimate of drug-likeness (QED) is 0.685. The number of aryl methyl sites for hydroxylation is 1. The first-order chi connectivity index (χ1) is 14.6. The highest BCUT2D eigenvalue weighted by Gasteiger charge is 2.23. The Bertz CT molecular complexity index is 1120. The number of carbonyl (C=O) groups excluding carboxylic acids is 1. The molecule has 3 aromatic rings. The Balaban J connectivity index is 1.42. The number of aromatic nitrogens is 2. The maximum atomic E-state index is 12.7. The van der Waals surface area contributed by atoms with Gasteiger partial charge in [0.25, 0.3) is 5.56 Å². The average molecular weight is 405 g/mol. The molecule has 30 heavy (non-hydrogen) atoms. The molecule has 2 aromatic carbocycles. The van der Waals surface area contributed by atoms with Crippen LogP contribution in [0.5, 0.6) is 0 Å². The van der Waals surface area contributed by atoms with Crippen molar-refractivity contribution in [1.29, 1.82) is 0 Å². The zero-order chi connectivity index (χ0) is 21.1. The number of fused-ring (bicyclic) bond motifs is 2. The summed E-state index contributed by atoms with van der Waals surface area (Å²) < 4.78 is 1.31. The van der Waals surface area contributed by atoms with Crippen molar-refractivity contribution in [3.05, 3.63) is 75.7 Å². The van der Waals surface area contributed by atoms with Gasteiger partial charge in [-0.05, 0) is 30.0 Å². The Hall–Kier alpha value is -2.99. The van der Waals surface area contributed by atoms with E-state index >= 15 is 0 Å². The number of carbonyl (C=O) groups is 1. The van der Waals surface area contributed by atoms with Gasteiger partial charge in [0.15, 0.2) is 0 Å². The van der Waals surface area contributed by atoms with Gasteiger partial charge in [-0.2, -0.15) is 5.10 Å². The number of rotatable bonds is 6. The molecule has 0 spiro atoms. The molecule has 1 aromatic heterocycles. The molecule has 0 fully saturated rings. The smallest absolute Gasteiger partial charge is 0.274 e. The third-order valence-corrected chi connectivity index (χ3v) is 6.04. The summed E-state index contributed by atoms with van der Waals surface area (Å²) in [6.07, 6.45) is 2.19. The number of nitrogens with one attached hydrogen (secondary N) is 1. The SMILES string of the molecule is CCC(CNC(=O)Cc1nn(C)c(=O)c2ccccc12)N1CCc2ccccc2C1. The van der Waals surface area contributed by atoms with Gasteiger partial charge < -0.3 is 5.32 Å². The number of nitrogens with zero attached hydrogens (tertiary/aromatic N) is 3. The van der Waals surface area contributed by atoms with Crippen LogP contribution in [0.25, 0.3) is 10.8 Å². The second kappa shape index (κ2) is 8.79. The monoisotopic (exact) mass is 404 g/mol. The zero-order valence-electron chi connectivity index (χ0n) is 17.6. The molecule has 156 valence electrons. The Labute approximate surface area is 176 Å². The third-order valence-electron chi connectivity index (χ3n) is 6.04. The number of hydrogen-bond donors (Lipinski definition) is 1. The van der Waals surface area contributed by atoms with E-state index in [-0.39, 0.29) is 17.9 Å². The average Bonchev–Trinajstić information content (AvgIpc) is 2.77. The standard InChI is InChI=1S/C24H28N4O2/c1-3-19(28-13-12-17-8-4-5-9-18(17)16-28)15-25-23(29)14-22-20-10-6-7-11-21(20)24(30)27(2)26-22/h4-11,19H,3,12-16H2,1-2H3,(H,25,29). The Morgan fingerprint density at radius 2 is 1.80 bits per heavy atom. The van der Waals surface area contributed by atoms with Crippen molar-refractivity contribution in [3.63, 3.8) is 0 Å². The largest absolute Gasteiger partial charge is 0.354 e. The van der Waals surface area contributed by atoms with E-state index in [1.807, 2.05) is 18.2 Å². The van der Waals surface area contributed by atoms with Crippen LogP contribution in [0.15, 0.2) is 53.3 Å². The van der Waals surface area contributed by atoms with E-state index in [4.69, 9.17) is 0 Å². The molecule has 2 heterocycles. The van der Waals surface area contributed by atoms with Gasteiger partial charge in [0.2, 0.25) is 5.91 Å². The molecule has 1 aliphatic heterocycles. The lowest BCUT2D eigenvalue weighted by molar-refractivity contribution is -0.120. The van der Waals surface area contributed by atoms with Crippen LogP contribution in [0.2, 0.25) is 0 Å². The summed E-state index contributed by atoms with van der Waals surface area (Å²) in [6.45, 7) is 4.72. The Kier molecular flexibility index (Phi) is 5.95. The van der Waals surface area contributed by atoms with Crippen molar-refractivity contribution >= 4 is 16.7 Å². The van der Waals surface area contributed by atoms with Gasteiger partial charge in [-0.3, -0.25) is 14.5 Å². The lowest BCUT2D eigenvalue weighted by atomic mass is 9.98. The van der Waals surface area contributed by atoms with Gasteiger partial charge in [-0.1, -0.05) is 49.4 Å². The van der Waals surface area contributed by atoms with E-state index in [0.29, 0.717) is 23.7 Å². The van der Waals surface area contributed by atoms with Gasteiger partial charge in [0.1, 0.15) is 0 Å². The minimum Gasteiger partial charge on any atom is -0.354 e. The van der Waals surface area contributed by atoms with E-state index in [1.54, 1.807) is 13.1 Å². The normalized spacial score (nSPS) is 15.0. The number of amides is 1. The fourth-order valence-corrected chi connectivity index (χ4v) is 4.31. The molecule has 6 heteroatoms. The molecule has 6 nitrogen and oxygen atoms in total. The highest BCUT2D eigenvalue weighted by Crippen LogP contribution is 2.21. The molecule has 0 saturated heterocycles. The molecule has 1 atom stereocenters. The summed E-state index contributed by atoms with van der Waals surface area (Å²) in [5, 5.41) is 8.77. The van der Waals surface area contributed by atoms with Crippen LogP contribution >= 0.6 is 0 Å². The molecule has 1 unspecified atom stereocenters. The summed E-state index contributed by atoms with van der Waals surface area (Å²) in [6, 6.07) is 16.2. The lowest BCUT2D eigenvalue weighted by Gasteiger charge is -2.35. The van der Waals surface area contributed by atoms with Crippen molar-refractivity contribution in [2.24, 2.45) is 7.05 Å². The summed E-state index contributed by atoms with van der Waals surface area (Å²) >= 11 is 0. The van der Waals surface area contributed by atoms with Crippen molar-refractivity contribution in [1.82, 2.24) is 20.0 Å². The van der Waals surface area contributed by atoms with Crippen molar-refractivity contribution in [3.8, 4) is 0 Å². The minimum atomic E-state index is -0.147. The maximum absolute atomic E-state index is 12.7. The van der Waals surface area contributed by atoms with Crippen molar-refractivity contribution in [2.75, 3.05) is 13.1 Å². The predicted octanol–water partition coefficient (Wildman–Crippen LogP) is 2.43. The first kappa shape index (κ1) is 20.3. The fraction of sp³-hybridized carbons (Fsp3) is 0.375. The molecule has 1 aliphatic rings. The maximum Gasteiger partial charge on any atom is 0.274 e. The van der Waals surface area contributed by atoms with Crippen LogP contribution in [0.1, 0.15) is 30.2 Å². The minimum absolute atomic E-state index is 0.0674. The molecular weight excluding hydrogens is 376 g/mol. The van der Waals surface area contributed by atoms with Crippen molar-refractivity contribution < 1.29 is 4.79 Å². The van der Waals surface area contributed by atoms with Gasteiger partial charge in [0, 0.05) is 38.1 Å². The first-order valence-corrected chi connectivity index (χ1v) is 10.6. The first-order valence-electron chi connectivity index (χ1n) is 10.6. The summed E-state index contributed by atoms with van der Waals surface area (Å²) in [4.78, 5) is 27.4. The van der Waals surface area contributed by atoms with E-state index < -0.39 is 0 Å². The molecule has 0 aliphatic carbocycles. The molecule has 0 bridgehead atoms. The van der Waals surface area contributed by atoms with E-state index in [1.165, 1.54) is 15.8 Å². The second-order valence-electron chi connectivity index (χ2n) is 7.95. The van der Waals surface area contributed by atoms with Gasteiger partial charge >= 0.3 is 0 Å². The topological polar surface area (TPSA) is 67.2 Å². The molecule has 1 amide bonds. The van der Waals surface area contributed by atoms with Crippen LogP contribution in [-0.4, -0.2) is 39.7 Å². The number of benzene rings is 2. The van der Waals surface area contributed by atoms with E-state index in [2.05, 4.69) is 46.5 Å². The van der Waals surface area contributed by atoms with Crippen LogP contribution in [0, 0.1) is 0 Å². The highest BCUT2D eigenvalue weighted by molar-refractivity contribution is 5.88. The van der Waals surface area contributed by atoms with Gasteiger partial charge in [0.05, 0.1) is 17.5 Å². The lowest BCUT2D eigenvalue weighted by Crippen LogP contribution is -2.46. The third kappa shape index (κ3) is 4.14. The summed E-state index contributed by atoms with van der Waals surface area (Å²) in [5.41, 5.74) is 3.30. The molecule has 0 radical (unpaired) electrons. The molecular formula is C24H28N4O2. The Morgan fingerprint density at radius 3 is 2.57 bits per heavy atom.